The molecule has 1 heterocycles. The van der Waals surface area contributed by atoms with Gasteiger partial charge in [0.25, 0.3) is 11.7 Å². The standard InChI is InChI=1S/C23H26IN5O5/c1-4-6-16-19(8-7-15(14(3)30)21(16)31)33-9-5-10-34-20-12-18(13(2)11-17(20)24)25-23(32)22-26-28-29-27-22/h7-8,11-12,31H,4-6,9-10H2,1-3H3,(H,25,32)(H,26,27,28,29). The predicted octanol–water partition coefficient (Wildman–Crippen LogP) is 4.07. The molecule has 180 valence electrons. The molecule has 3 rings (SSSR count). The number of nitrogens with one attached hydrogen (secondary N) is 2. The van der Waals surface area contributed by atoms with Crippen LogP contribution in [0.5, 0.6) is 17.2 Å². The number of H-pyrrole nitrogens is 1. The number of hydrogen-bond acceptors (Lipinski definition) is 8. The lowest BCUT2D eigenvalue weighted by molar-refractivity contribution is 0.100. The van der Waals surface area contributed by atoms with Gasteiger partial charge in [0.2, 0.25) is 0 Å². The highest BCUT2D eigenvalue weighted by atomic mass is 127. The van der Waals surface area contributed by atoms with Crippen molar-refractivity contribution in [1.29, 1.82) is 0 Å². The van der Waals surface area contributed by atoms with Gasteiger partial charge in [0.1, 0.15) is 17.2 Å². The van der Waals surface area contributed by atoms with Crippen molar-refractivity contribution in [3.63, 3.8) is 0 Å². The first-order valence-electron chi connectivity index (χ1n) is 10.8. The maximum atomic E-state index is 12.2. The lowest BCUT2D eigenvalue weighted by Gasteiger charge is -2.15. The average Bonchev–Trinajstić information content (AvgIpc) is 3.33. The summed E-state index contributed by atoms with van der Waals surface area (Å²) in [5.74, 6) is 0.482. The Morgan fingerprint density at radius 3 is 2.56 bits per heavy atom. The molecule has 3 aromatic rings. The first-order chi connectivity index (χ1) is 16.3. The Bertz CT molecular complexity index is 1170. The van der Waals surface area contributed by atoms with Crippen molar-refractivity contribution in [3.8, 4) is 17.2 Å². The maximum Gasteiger partial charge on any atom is 0.297 e. The van der Waals surface area contributed by atoms with Gasteiger partial charge in [-0.2, -0.15) is 5.21 Å². The fraction of sp³-hybridized carbons (Fsp3) is 0.348. The number of ketones is 1. The van der Waals surface area contributed by atoms with Crippen LogP contribution in [-0.2, 0) is 6.42 Å². The molecule has 34 heavy (non-hydrogen) atoms. The van der Waals surface area contributed by atoms with Gasteiger partial charge in [-0.05, 0) is 71.8 Å². The molecular formula is C23H26IN5O5. The summed E-state index contributed by atoms with van der Waals surface area (Å²) in [6.45, 7) is 6.07. The zero-order valence-electron chi connectivity index (χ0n) is 19.1. The molecule has 0 saturated heterocycles. The molecule has 0 bridgehead atoms. The number of benzene rings is 2. The summed E-state index contributed by atoms with van der Waals surface area (Å²) < 4.78 is 12.7. The fourth-order valence-electron chi connectivity index (χ4n) is 3.29. The van der Waals surface area contributed by atoms with E-state index in [1.165, 1.54) is 6.92 Å². The van der Waals surface area contributed by atoms with Crippen molar-refractivity contribution < 1.29 is 24.2 Å². The number of carbonyl (C=O) groups excluding carboxylic acids is 2. The van der Waals surface area contributed by atoms with Crippen molar-refractivity contribution in [3.05, 3.63) is 50.4 Å². The second kappa shape index (κ2) is 11.8. The van der Waals surface area contributed by atoms with E-state index >= 15 is 0 Å². The highest BCUT2D eigenvalue weighted by molar-refractivity contribution is 14.1. The summed E-state index contributed by atoms with van der Waals surface area (Å²) in [6.07, 6.45) is 2.01. The molecule has 0 saturated carbocycles. The average molecular weight is 579 g/mol. The largest absolute Gasteiger partial charge is 0.507 e. The van der Waals surface area contributed by atoms with Gasteiger partial charge in [0.15, 0.2) is 5.78 Å². The number of hydrogen-bond donors (Lipinski definition) is 3. The summed E-state index contributed by atoms with van der Waals surface area (Å²) in [4.78, 5) is 23.9. The van der Waals surface area contributed by atoms with Gasteiger partial charge in [0, 0.05) is 23.7 Å². The van der Waals surface area contributed by atoms with Crippen molar-refractivity contribution in [1.82, 2.24) is 20.6 Å². The lowest BCUT2D eigenvalue weighted by atomic mass is 10.0. The highest BCUT2D eigenvalue weighted by Gasteiger charge is 2.16. The number of aromatic amines is 1. The molecule has 1 amide bonds. The van der Waals surface area contributed by atoms with E-state index in [0.717, 1.165) is 15.6 Å². The molecule has 0 fully saturated rings. The number of aromatic hydroxyl groups is 1. The molecule has 0 aliphatic rings. The van der Waals surface area contributed by atoms with E-state index in [4.69, 9.17) is 9.47 Å². The highest BCUT2D eigenvalue weighted by Crippen LogP contribution is 2.33. The molecule has 11 heteroatoms. The predicted molar refractivity (Wildman–Crippen MR) is 134 cm³/mol. The zero-order valence-corrected chi connectivity index (χ0v) is 21.3. The zero-order chi connectivity index (χ0) is 24.7. The SMILES string of the molecule is CCCc1c(OCCCOc2cc(NC(=O)c3nn[nH]n3)c(C)cc2I)ccc(C(C)=O)c1O. The quantitative estimate of drug-likeness (QED) is 0.176. The maximum absolute atomic E-state index is 12.2. The van der Waals surface area contributed by atoms with Crippen molar-refractivity contribution in [2.75, 3.05) is 18.5 Å². The Kier molecular flexibility index (Phi) is 8.79. The molecule has 0 unspecified atom stereocenters. The van der Waals surface area contributed by atoms with Gasteiger partial charge in [-0.1, -0.05) is 13.3 Å². The molecule has 3 N–H and O–H groups in total. The van der Waals surface area contributed by atoms with E-state index in [1.54, 1.807) is 18.2 Å². The van der Waals surface area contributed by atoms with Crippen LogP contribution in [0.4, 0.5) is 5.69 Å². The normalized spacial score (nSPS) is 10.7. The number of phenols is 1. The topological polar surface area (TPSA) is 139 Å². The lowest BCUT2D eigenvalue weighted by Crippen LogP contribution is -2.15. The van der Waals surface area contributed by atoms with Crippen LogP contribution >= 0.6 is 22.6 Å². The molecule has 0 aliphatic heterocycles. The number of ether oxygens (including phenoxy) is 2. The number of aryl methyl sites for hydroxylation is 1. The summed E-state index contributed by atoms with van der Waals surface area (Å²) >= 11 is 2.18. The Balaban J connectivity index is 1.58. The number of Topliss-reactive ketones (excluding diaryl/α,β-unsaturated/α-hetero) is 1. The third-order valence-corrected chi connectivity index (χ3v) is 5.84. The van der Waals surface area contributed by atoms with Gasteiger partial charge >= 0.3 is 0 Å². The number of carbonyl (C=O) groups is 2. The minimum atomic E-state index is -0.473. The summed E-state index contributed by atoms with van der Waals surface area (Å²) in [5, 5.41) is 26.2. The number of anilines is 1. The Morgan fingerprint density at radius 2 is 1.91 bits per heavy atom. The van der Waals surface area contributed by atoms with Gasteiger partial charge in [-0.25, -0.2) is 0 Å². The Hall–Kier alpha value is -3.22. The van der Waals surface area contributed by atoms with Crippen molar-refractivity contribution in [2.24, 2.45) is 0 Å². The van der Waals surface area contributed by atoms with E-state index in [9.17, 15) is 14.7 Å². The van der Waals surface area contributed by atoms with E-state index in [1.807, 2.05) is 19.9 Å². The molecule has 0 aliphatic carbocycles. The number of rotatable bonds is 11. The van der Waals surface area contributed by atoms with Crippen LogP contribution in [0.25, 0.3) is 0 Å². The van der Waals surface area contributed by atoms with Crippen molar-refractivity contribution >= 4 is 40.0 Å². The van der Waals surface area contributed by atoms with Gasteiger partial charge in [-0.15, -0.1) is 10.2 Å². The number of phenolic OH excluding ortho intramolecular Hbond substituents is 1. The monoisotopic (exact) mass is 579 g/mol. The van der Waals surface area contributed by atoms with Crippen LogP contribution in [0.1, 0.15) is 58.8 Å². The first kappa shape index (κ1) is 25.4. The van der Waals surface area contributed by atoms with Gasteiger partial charge < -0.3 is 19.9 Å². The van der Waals surface area contributed by atoms with Gasteiger partial charge in [-0.3, -0.25) is 9.59 Å². The molecule has 0 spiro atoms. The van der Waals surface area contributed by atoms with E-state index in [0.29, 0.717) is 54.4 Å². The summed E-state index contributed by atoms with van der Waals surface area (Å²) in [7, 11) is 0. The molecule has 0 atom stereocenters. The summed E-state index contributed by atoms with van der Waals surface area (Å²) in [6, 6.07) is 6.98. The summed E-state index contributed by atoms with van der Waals surface area (Å²) in [5.41, 5.74) is 2.41. The fourth-order valence-corrected chi connectivity index (χ4v) is 4.06. The molecule has 0 radical (unpaired) electrons. The second-order valence-corrected chi connectivity index (χ2v) is 8.74. The molecule has 1 aromatic heterocycles. The number of halogens is 1. The number of amides is 1. The van der Waals surface area contributed by atoms with E-state index < -0.39 is 5.91 Å². The van der Waals surface area contributed by atoms with Crippen molar-refractivity contribution in [2.45, 2.75) is 40.0 Å². The smallest absolute Gasteiger partial charge is 0.297 e. The number of aromatic nitrogens is 4. The third kappa shape index (κ3) is 6.22. The van der Waals surface area contributed by atoms with E-state index in [2.05, 4.69) is 48.5 Å². The van der Waals surface area contributed by atoms with Crippen LogP contribution in [0, 0.1) is 10.5 Å². The van der Waals surface area contributed by atoms with Crippen LogP contribution in [-0.4, -0.2) is 50.6 Å². The van der Waals surface area contributed by atoms with Crippen LogP contribution in [0.2, 0.25) is 0 Å². The molecule has 10 nitrogen and oxygen atoms in total. The number of nitrogens with zero attached hydrogens (tertiary/aromatic N) is 3. The minimum Gasteiger partial charge on any atom is -0.507 e. The minimum absolute atomic E-state index is 0.00675. The van der Waals surface area contributed by atoms with Gasteiger partial charge in [0.05, 0.1) is 22.3 Å². The van der Waals surface area contributed by atoms with Crippen LogP contribution in [0.3, 0.4) is 0 Å². The third-order valence-electron chi connectivity index (χ3n) is 5.00. The Labute approximate surface area is 210 Å². The first-order valence-corrected chi connectivity index (χ1v) is 11.9. The molecule has 2 aromatic carbocycles. The van der Waals surface area contributed by atoms with E-state index in [-0.39, 0.29) is 17.4 Å². The second-order valence-electron chi connectivity index (χ2n) is 7.58. The number of tetrazole rings is 1. The van der Waals surface area contributed by atoms with Crippen LogP contribution in [0.15, 0.2) is 24.3 Å². The molecular weight excluding hydrogens is 553 g/mol. The Morgan fingerprint density at radius 1 is 1.18 bits per heavy atom. The van der Waals surface area contributed by atoms with Crippen LogP contribution < -0.4 is 14.8 Å².